The van der Waals surface area contributed by atoms with Crippen LogP contribution in [0.2, 0.25) is 0 Å². The molecule has 0 aromatic heterocycles. The Morgan fingerprint density at radius 1 is 0.886 bits per heavy atom. The number of nitrogens with zero attached hydrogens (tertiary/aromatic N) is 1. The molecule has 35 heavy (non-hydrogen) atoms. The number of aliphatic hydroxyl groups is 1. The highest BCUT2D eigenvalue weighted by atomic mass is 16.5. The Morgan fingerprint density at radius 3 is 2.03 bits per heavy atom. The van der Waals surface area contributed by atoms with Gasteiger partial charge in [0.2, 0.25) is 5.75 Å². The summed E-state index contributed by atoms with van der Waals surface area (Å²) in [6.45, 7) is 1.90. The molecule has 8 nitrogen and oxygen atoms in total. The lowest BCUT2D eigenvalue weighted by Crippen LogP contribution is -2.29. The van der Waals surface area contributed by atoms with Crippen LogP contribution in [-0.4, -0.2) is 43.2 Å². The smallest absolute Gasteiger partial charge is 0.300 e. The first kappa shape index (κ1) is 23.7. The van der Waals surface area contributed by atoms with E-state index < -0.39 is 17.7 Å². The van der Waals surface area contributed by atoms with Gasteiger partial charge in [-0.15, -0.1) is 0 Å². The second-order valence-electron chi connectivity index (χ2n) is 7.98. The molecule has 1 amide bonds. The maximum Gasteiger partial charge on any atom is 0.300 e. The summed E-state index contributed by atoms with van der Waals surface area (Å²) >= 11 is 0. The first-order chi connectivity index (χ1) is 16.8. The quantitative estimate of drug-likeness (QED) is 0.310. The first-order valence-corrected chi connectivity index (χ1v) is 10.8. The molecule has 3 aromatic rings. The predicted octanol–water partition coefficient (Wildman–Crippen LogP) is 4.35. The van der Waals surface area contributed by atoms with E-state index in [2.05, 4.69) is 0 Å². The molecule has 0 radical (unpaired) electrons. The van der Waals surface area contributed by atoms with Crippen LogP contribution in [0.15, 0.2) is 66.2 Å². The fraction of sp³-hybridized carbons (Fsp3) is 0.185. The lowest BCUT2D eigenvalue weighted by molar-refractivity contribution is -0.132. The zero-order valence-corrected chi connectivity index (χ0v) is 19.7. The standard InChI is InChI=1S/C27H25NO7/c1-15-9-11-16(12-10-15)24(30)22-23(17-13-20(33-2)26(35-4)21(14-17)34-3)28(27(32)25(22)31)18-7-5-6-8-19(18)29/h5-14,23,29-30H,1-4H3/b24-22+. The molecule has 8 heteroatoms. The molecule has 1 heterocycles. The number of amides is 1. The van der Waals surface area contributed by atoms with Crippen LogP contribution in [0.1, 0.15) is 22.7 Å². The van der Waals surface area contributed by atoms with Crippen molar-refractivity contribution >= 4 is 23.1 Å². The minimum atomic E-state index is -1.08. The van der Waals surface area contributed by atoms with Crippen molar-refractivity contribution in [1.82, 2.24) is 0 Å². The Hall–Kier alpha value is -4.46. The van der Waals surface area contributed by atoms with Crippen molar-refractivity contribution in [3.05, 3.63) is 82.9 Å². The fourth-order valence-electron chi connectivity index (χ4n) is 4.19. The Bertz CT molecular complexity index is 1300. The van der Waals surface area contributed by atoms with E-state index in [1.165, 1.54) is 33.5 Å². The normalized spacial score (nSPS) is 16.9. The van der Waals surface area contributed by atoms with Gasteiger partial charge >= 0.3 is 0 Å². The summed E-state index contributed by atoms with van der Waals surface area (Å²) in [4.78, 5) is 27.8. The largest absolute Gasteiger partial charge is 0.507 e. The summed E-state index contributed by atoms with van der Waals surface area (Å²) < 4.78 is 16.3. The summed E-state index contributed by atoms with van der Waals surface area (Å²) in [5.74, 6) is -1.36. The number of phenols is 1. The van der Waals surface area contributed by atoms with Crippen molar-refractivity contribution in [3.8, 4) is 23.0 Å². The van der Waals surface area contributed by atoms with Gasteiger partial charge in [-0.3, -0.25) is 14.5 Å². The number of aromatic hydroxyl groups is 1. The number of aliphatic hydroxyl groups excluding tert-OH is 1. The van der Waals surface area contributed by atoms with Gasteiger partial charge < -0.3 is 24.4 Å². The minimum Gasteiger partial charge on any atom is -0.507 e. The van der Waals surface area contributed by atoms with E-state index in [0.717, 1.165) is 10.5 Å². The molecule has 0 bridgehead atoms. The molecule has 0 spiro atoms. The Labute approximate surface area is 202 Å². The summed E-state index contributed by atoms with van der Waals surface area (Å²) in [6.07, 6.45) is 0. The maximum atomic E-state index is 13.3. The van der Waals surface area contributed by atoms with E-state index in [0.29, 0.717) is 28.4 Å². The van der Waals surface area contributed by atoms with Crippen molar-refractivity contribution in [3.63, 3.8) is 0 Å². The molecule has 0 aliphatic carbocycles. The SMILES string of the molecule is COc1cc(C2/C(=C(\O)c3ccc(C)cc3)C(=O)C(=O)N2c2ccccc2O)cc(OC)c1OC. The number of rotatable bonds is 6. The van der Waals surface area contributed by atoms with Crippen molar-refractivity contribution in [2.45, 2.75) is 13.0 Å². The number of Topliss-reactive ketones (excluding diaryl/α,β-unsaturated/α-hetero) is 1. The highest BCUT2D eigenvalue weighted by Crippen LogP contribution is 2.48. The van der Waals surface area contributed by atoms with E-state index in [1.807, 2.05) is 6.92 Å². The lowest BCUT2D eigenvalue weighted by atomic mass is 9.94. The van der Waals surface area contributed by atoms with Crippen LogP contribution < -0.4 is 19.1 Å². The molecule has 4 rings (SSSR count). The van der Waals surface area contributed by atoms with Gasteiger partial charge in [0.05, 0.1) is 38.6 Å². The molecular formula is C27H25NO7. The van der Waals surface area contributed by atoms with Gasteiger partial charge in [-0.25, -0.2) is 0 Å². The predicted molar refractivity (Wildman–Crippen MR) is 130 cm³/mol. The molecule has 180 valence electrons. The summed E-state index contributed by atoms with van der Waals surface area (Å²) in [5, 5.41) is 21.8. The zero-order valence-electron chi connectivity index (χ0n) is 19.7. The maximum absolute atomic E-state index is 13.3. The number of ether oxygens (including phenoxy) is 3. The Kier molecular flexibility index (Phi) is 6.38. The zero-order chi connectivity index (χ0) is 25.3. The van der Waals surface area contributed by atoms with Gasteiger partial charge in [0.1, 0.15) is 11.5 Å². The van der Waals surface area contributed by atoms with Gasteiger partial charge in [-0.1, -0.05) is 42.0 Å². The van der Waals surface area contributed by atoms with Gasteiger partial charge in [0.25, 0.3) is 11.7 Å². The van der Waals surface area contributed by atoms with Crippen LogP contribution >= 0.6 is 0 Å². The average Bonchev–Trinajstić information content (AvgIpc) is 3.13. The van der Waals surface area contributed by atoms with Crippen molar-refractivity contribution in [1.29, 1.82) is 0 Å². The molecule has 1 saturated heterocycles. The molecule has 1 fully saturated rings. The average molecular weight is 475 g/mol. The number of ketones is 1. The summed E-state index contributed by atoms with van der Waals surface area (Å²) in [7, 11) is 4.37. The van der Waals surface area contributed by atoms with Crippen LogP contribution in [0, 0.1) is 6.92 Å². The van der Waals surface area contributed by atoms with Crippen LogP contribution in [0.25, 0.3) is 5.76 Å². The number of benzene rings is 3. The number of hydrogen-bond acceptors (Lipinski definition) is 7. The second-order valence-corrected chi connectivity index (χ2v) is 7.98. The molecular weight excluding hydrogens is 450 g/mol. The second kappa shape index (κ2) is 9.42. The van der Waals surface area contributed by atoms with Crippen molar-refractivity contribution in [2.75, 3.05) is 26.2 Å². The number of methoxy groups -OCH3 is 3. The molecule has 2 N–H and O–H groups in total. The van der Waals surface area contributed by atoms with Gasteiger partial charge in [0.15, 0.2) is 11.5 Å². The van der Waals surface area contributed by atoms with E-state index in [-0.39, 0.29) is 22.8 Å². The van der Waals surface area contributed by atoms with Crippen LogP contribution in [0.5, 0.6) is 23.0 Å². The molecule has 1 unspecified atom stereocenters. The number of para-hydroxylation sites is 2. The third kappa shape index (κ3) is 4.03. The number of carbonyl (C=O) groups is 2. The number of phenolic OH excluding ortho intramolecular Hbond substituents is 1. The molecule has 1 atom stereocenters. The first-order valence-electron chi connectivity index (χ1n) is 10.8. The number of carbonyl (C=O) groups excluding carboxylic acids is 2. The molecule has 1 aliphatic heterocycles. The highest BCUT2D eigenvalue weighted by Gasteiger charge is 2.48. The lowest BCUT2D eigenvalue weighted by Gasteiger charge is -2.27. The Morgan fingerprint density at radius 2 is 1.49 bits per heavy atom. The van der Waals surface area contributed by atoms with Crippen LogP contribution in [0.3, 0.4) is 0 Å². The van der Waals surface area contributed by atoms with E-state index in [4.69, 9.17) is 14.2 Å². The van der Waals surface area contributed by atoms with E-state index in [9.17, 15) is 19.8 Å². The molecule has 1 aliphatic rings. The number of hydrogen-bond donors (Lipinski definition) is 2. The van der Waals surface area contributed by atoms with Crippen molar-refractivity contribution < 1.29 is 34.0 Å². The fourth-order valence-corrected chi connectivity index (χ4v) is 4.19. The summed E-state index contributed by atoms with van der Waals surface area (Å²) in [5.41, 5.74) is 1.75. The number of anilines is 1. The number of aryl methyl sites for hydroxylation is 1. The molecule has 0 saturated carbocycles. The van der Waals surface area contributed by atoms with Gasteiger partial charge in [0, 0.05) is 5.56 Å². The topological polar surface area (TPSA) is 106 Å². The van der Waals surface area contributed by atoms with Crippen LogP contribution in [-0.2, 0) is 9.59 Å². The highest BCUT2D eigenvalue weighted by molar-refractivity contribution is 6.52. The monoisotopic (exact) mass is 475 g/mol. The minimum absolute atomic E-state index is 0.122. The third-order valence-corrected chi connectivity index (χ3v) is 5.91. The van der Waals surface area contributed by atoms with E-state index in [1.54, 1.807) is 48.5 Å². The third-order valence-electron chi connectivity index (χ3n) is 5.91. The van der Waals surface area contributed by atoms with Gasteiger partial charge in [-0.2, -0.15) is 0 Å². The van der Waals surface area contributed by atoms with Gasteiger partial charge in [-0.05, 0) is 36.8 Å². The molecule has 3 aromatic carbocycles. The van der Waals surface area contributed by atoms with E-state index >= 15 is 0 Å². The van der Waals surface area contributed by atoms with Crippen LogP contribution in [0.4, 0.5) is 5.69 Å². The Balaban J connectivity index is 2.03. The van der Waals surface area contributed by atoms with Crippen molar-refractivity contribution in [2.24, 2.45) is 0 Å². The summed E-state index contributed by atoms with van der Waals surface area (Å²) in [6, 6.07) is 15.2.